The number of ether oxygens (including phenoxy) is 1. The van der Waals surface area contributed by atoms with Crippen molar-refractivity contribution in [2.24, 2.45) is 17.4 Å². The number of nitrogens with two attached hydrogens (primary N) is 2. The number of piperidine rings is 1. The number of rotatable bonds is 5. The van der Waals surface area contributed by atoms with Crippen LogP contribution in [-0.2, 0) is 6.18 Å². The third kappa shape index (κ3) is 4.50. The summed E-state index contributed by atoms with van der Waals surface area (Å²) in [4.78, 5) is 9.56. The first-order valence-corrected chi connectivity index (χ1v) is 11.4. The van der Waals surface area contributed by atoms with E-state index in [9.17, 15) is 26.3 Å². The predicted octanol–water partition coefficient (Wildman–Crippen LogP) is 3.09. The van der Waals surface area contributed by atoms with E-state index in [0.717, 1.165) is 16.8 Å². The van der Waals surface area contributed by atoms with Gasteiger partial charge in [-0.15, -0.1) is 5.10 Å². The fourth-order valence-corrected chi connectivity index (χ4v) is 5.15. The molecule has 1 saturated heterocycles. The van der Waals surface area contributed by atoms with Gasteiger partial charge in [0.15, 0.2) is 12.3 Å². The summed E-state index contributed by atoms with van der Waals surface area (Å²) in [7, 11) is 0. The summed E-state index contributed by atoms with van der Waals surface area (Å²) in [6.45, 7) is 0.691. The number of hydrogen-bond donors (Lipinski definition) is 3. The van der Waals surface area contributed by atoms with Gasteiger partial charge in [0.1, 0.15) is 11.4 Å². The summed E-state index contributed by atoms with van der Waals surface area (Å²) in [5.41, 5.74) is 11.5. The van der Waals surface area contributed by atoms with Crippen molar-refractivity contribution in [1.82, 2.24) is 19.6 Å². The number of anilines is 2. The Morgan fingerprint density at radius 1 is 1.16 bits per heavy atom. The van der Waals surface area contributed by atoms with Crippen LogP contribution in [0.2, 0.25) is 0 Å². The quantitative estimate of drug-likeness (QED) is 0.340. The van der Waals surface area contributed by atoms with Crippen LogP contribution in [0.5, 0.6) is 5.88 Å². The zero-order chi connectivity index (χ0) is 26.8. The molecular formula is C22H24F6N8O. The molecule has 1 saturated carbocycles. The van der Waals surface area contributed by atoms with Gasteiger partial charge >= 0.3 is 12.4 Å². The Morgan fingerprint density at radius 2 is 1.92 bits per heavy atom. The molecule has 3 aromatic rings. The van der Waals surface area contributed by atoms with Crippen molar-refractivity contribution in [3.63, 3.8) is 0 Å². The zero-order valence-corrected chi connectivity index (χ0v) is 19.6. The maximum atomic E-state index is 13.2. The summed E-state index contributed by atoms with van der Waals surface area (Å²) in [5.74, 6) is -0.391. The minimum absolute atomic E-state index is 0.0482. The monoisotopic (exact) mass is 530 g/mol. The van der Waals surface area contributed by atoms with E-state index in [1.807, 2.05) is 0 Å². The molecular weight excluding hydrogens is 506 g/mol. The molecule has 15 heteroatoms. The van der Waals surface area contributed by atoms with E-state index in [2.05, 4.69) is 20.4 Å². The minimum atomic E-state index is -4.58. The number of pyridine rings is 2. The Kier molecular flexibility index (Phi) is 5.71. The van der Waals surface area contributed by atoms with Crippen molar-refractivity contribution >= 4 is 17.3 Å². The van der Waals surface area contributed by atoms with Gasteiger partial charge in [0.25, 0.3) is 0 Å². The lowest BCUT2D eigenvalue weighted by Gasteiger charge is -2.51. The average molecular weight is 530 g/mol. The molecule has 0 aromatic carbocycles. The average Bonchev–Trinajstić information content (AvgIpc) is 3.25. The molecule has 200 valence electrons. The van der Waals surface area contributed by atoms with Crippen molar-refractivity contribution < 1.29 is 31.1 Å². The summed E-state index contributed by atoms with van der Waals surface area (Å²) < 4.78 is 83.6. The lowest BCUT2D eigenvalue weighted by Crippen LogP contribution is -2.77. The van der Waals surface area contributed by atoms with E-state index in [4.69, 9.17) is 16.2 Å². The Balaban J connectivity index is 1.41. The highest BCUT2D eigenvalue weighted by molar-refractivity contribution is 5.55. The van der Waals surface area contributed by atoms with Crippen LogP contribution in [0.1, 0.15) is 24.1 Å². The van der Waals surface area contributed by atoms with E-state index in [1.54, 1.807) is 17.9 Å². The predicted molar refractivity (Wildman–Crippen MR) is 121 cm³/mol. The SMILES string of the molecule is Cc1ccc(OCC(F)(F)F)n2nc(N[C@@]3(N)[C@H]4CC[C@]3(N)CN(c3ccnc(C(F)(F)F)c3)C4)nc12. The number of fused-ring (bicyclic) bond motifs is 3. The van der Waals surface area contributed by atoms with Crippen LogP contribution in [-0.4, -0.2) is 56.7 Å². The molecule has 1 aliphatic heterocycles. The van der Waals surface area contributed by atoms with Gasteiger partial charge in [0.2, 0.25) is 11.8 Å². The normalized spacial score (nSPS) is 26.1. The fraction of sp³-hybridized carbons (Fsp3) is 0.500. The molecule has 1 aliphatic carbocycles. The molecule has 0 amide bonds. The second-order valence-corrected chi connectivity index (χ2v) is 9.59. The van der Waals surface area contributed by atoms with Crippen molar-refractivity contribution in [2.45, 2.75) is 43.3 Å². The summed E-state index contributed by atoms with van der Waals surface area (Å²) in [6, 6.07) is 5.40. The molecule has 2 fully saturated rings. The summed E-state index contributed by atoms with van der Waals surface area (Å²) in [6.07, 6.45) is -6.93. The van der Waals surface area contributed by atoms with Gasteiger partial charge in [-0.25, -0.2) is 0 Å². The first kappa shape index (κ1) is 25.3. The number of aromatic nitrogens is 4. The van der Waals surface area contributed by atoms with E-state index in [1.165, 1.54) is 12.1 Å². The lowest BCUT2D eigenvalue weighted by molar-refractivity contribution is -0.154. The van der Waals surface area contributed by atoms with Gasteiger partial charge < -0.3 is 26.4 Å². The summed E-state index contributed by atoms with van der Waals surface area (Å²) >= 11 is 0. The first-order valence-electron chi connectivity index (χ1n) is 11.4. The molecule has 0 unspecified atom stereocenters. The van der Waals surface area contributed by atoms with E-state index in [-0.39, 0.29) is 29.9 Å². The van der Waals surface area contributed by atoms with Crippen LogP contribution >= 0.6 is 0 Å². The Morgan fingerprint density at radius 3 is 2.59 bits per heavy atom. The first-order chi connectivity index (χ1) is 17.2. The molecule has 3 atom stereocenters. The third-order valence-corrected chi connectivity index (χ3v) is 7.07. The number of aryl methyl sites for hydroxylation is 1. The van der Waals surface area contributed by atoms with Crippen molar-refractivity contribution in [3.8, 4) is 5.88 Å². The summed E-state index contributed by atoms with van der Waals surface area (Å²) in [5, 5.41) is 7.37. The van der Waals surface area contributed by atoms with Crippen LogP contribution in [0.15, 0.2) is 30.5 Å². The smallest absolute Gasteiger partial charge is 0.433 e. The molecule has 37 heavy (non-hydrogen) atoms. The molecule has 0 radical (unpaired) electrons. The second kappa shape index (κ2) is 8.34. The van der Waals surface area contributed by atoms with Crippen LogP contribution in [0, 0.1) is 12.8 Å². The van der Waals surface area contributed by atoms with Gasteiger partial charge in [0, 0.05) is 37.0 Å². The third-order valence-electron chi connectivity index (χ3n) is 7.07. The van der Waals surface area contributed by atoms with Crippen molar-refractivity contribution in [3.05, 3.63) is 41.7 Å². The van der Waals surface area contributed by atoms with Crippen molar-refractivity contribution in [2.75, 3.05) is 29.9 Å². The highest BCUT2D eigenvalue weighted by atomic mass is 19.4. The number of nitrogens with zero attached hydrogens (tertiary/aromatic N) is 5. The molecule has 5 N–H and O–H groups in total. The molecule has 0 spiro atoms. The van der Waals surface area contributed by atoms with Crippen LogP contribution in [0.3, 0.4) is 0 Å². The number of hydrogen-bond acceptors (Lipinski definition) is 8. The molecule has 3 aromatic heterocycles. The maximum absolute atomic E-state index is 13.2. The highest BCUT2D eigenvalue weighted by Gasteiger charge is 2.60. The largest absolute Gasteiger partial charge is 0.468 e. The van der Waals surface area contributed by atoms with E-state index < -0.39 is 35.9 Å². The zero-order valence-electron chi connectivity index (χ0n) is 19.6. The van der Waals surface area contributed by atoms with Crippen LogP contribution in [0.4, 0.5) is 38.0 Å². The minimum Gasteiger partial charge on any atom is -0.468 e. The second-order valence-electron chi connectivity index (χ2n) is 9.59. The van der Waals surface area contributed by atoms with Gasteiger partial charge in [0.05, 0.1) is 5.54 Å². The van der Waals surface area contributed by atoms with Gasteiger partial charge in [-0.2, -0.15) is 35.8 Å². The fourth-order valence-electron chi connectivity index (χ4n) is 5.15. The molecule has 5 rings (SSSR count). The highest BCUT2D eigenvalue weighted by Crippen LogP contribution is 2.46. The van der Waals surface area contributed by atoms with Crippen molar-refractivity contribution in [1.29, 1.82) is 0 Å². The van der Waals surface area contributed by atoms with Crippen LogP contribution < -0.4 is 26.4 Å². The van der Waals surface area contributed by atoms with E-state index in [0.29, 0.717) is 30.6 Å². The van der Waals surface area contributed by atoms with Crippen LogP contribution in [0.25, 0.3) is 5.65 Å². The molecule has 9 nitrogen and oxygen atoms in total. The number of nitrogens with one attached hydrogen (secondary N) is 1. The van der Waals surface area contributed by atoms with E-state index >= 15 is 0 Å². The Hall–Kier alpha value is -3.33. The molecule has 2 bridgehead atoms. The van der Waals surface area contributed by atoms with Gasteiger partial charge in [-0.1, -0.05) is 6.07 Å². The van der Waals surface area contributed by atoms with Gasteiger partial charge in [-0.3, -0.25) is 4.98 Å². The Labute approximate surface area is 206 Å². The Bertz CT molecular complexity index is 1330. The maximum Gasteiger partial charge on any atom is 0.433 e. The molecule has 4 heterocycles. The topological polar surface area (TPSA) is 120 Å². The molecule has 2 aliphatic rings. The van der Waals surface area contributed by atoms with Gasteiger partial charge in [-0.05, 0) is 37.5 Å². The lowest BCUT2D eigenvalue weighted by atomic mass is 9.79. The number of halogens is 6. The standard InChI is InChI=1S/C22H24F6N8O/c1-12-2-3-16(37-11-20(23,24)25)36-17(12)32-18(34-36)33-21(30)13-4-6-19(21,29)10-35(9-13)14-5-7-31-15(8-14)22(26,27)28/h2-3,5,7-8,13H,4,6,9-11,29-30H2,1H3,(H,33,34)/t13-,19-,21-/m0/s1. The number of alkyl halides is 6.